The maximum absolute atomic E-state index is 11.9. The number of nitrogens with one attached hydrogen (secondary N) is 1. The van der Waals surface area contributed by atoms with Gasteiger partial charge in [0.2, 0.25) is 5.91 Å². The minimum atomic E-state index is 0.0961. The zero-order chi connectivity index (χ0) is 11.7. The fourth-order valence-electron chi connectivity index (χ4n) is 2.55. The van der Waals surface area contributed by atoms with Crippen molar-refractivity contribution in [1.29, 1.82) is 0 Å². The molecule has 2 heterocycles. The molecule has 0 bridgehead atoms. The molecule has 2 atom stereocenters. The van der Waals surface area contributed by atoms with E-state index < -0.39 is 0 Å². The lowest BCUT2D eigenvalue weighted by atomic mass is 10.1. The van der Waals surface area contributed by atoms with Gasteiger partial charge in [0.1, 0.15) is 6.61 Å². The van der Waals surface area contributed by atoms with E-state index in [2.05, 4.69) is 17.4 Å². The normalized spacial score (nSPS) is 28.2. The first-order chi connectivity index (χ1) is 8.34. The van der Waals surface area contributed by atoms with E-state index in [0.717, 1.165) is 13.1 Å². The molecule has 2 unspecified atom stereocenters. The van der Waals surface area contributed by atoms with Gasteiger partial charge in [-0.3, -0.25) is 4.79 Å². The molecule has 4 heteroatoms. The van der Waals surface area contributed by atoms with Crippen LogP contribution in [-0.2, 0) is 16.1 Å². The Balaban J connectivity index is 1.78. The van der Waals surface area contributed by atoms with E-state index in [0.29, 0.717) is 6.54 Å². The Morgan fingerprint density at radius 3 is 2.94 bits per heavy atom. The number of hydrogen-bond donors (Lipinski definition) is 1. The Morgan fingerprint density at radius 2 is 2.12 bits per heavy atom. The molecule has 1 aromatic carbocycles. The second kappa shape index (κ2) is 4.47. The highest BCUT2D eigenvalue weighted by molar-refractivity contribution is 5.78. The predicted molar refractivity (Wildman–Crippen MR) is 63.4 cm³/mol. The zero-order valence-electron chi connectivity index (χ0n) is 9.63. The van der Waals surface area contributed by atoms with Gasteiger partial charge in [-0.1, -0.05) is 30.3 Å². The Morgan fingerprint density at radius 1 is 1.29 bits per heavy atom. The first-order valence-electron chi connectivity index (χ1n) is 6.00. The van der Waals surface area contributed by atoms with Gasteiger partial charge < -0.3 is 15.0 Å². The SMILES string of the molecule is O=C1COC2CNCC2N1Cc1ccccc1. The third kappa shape index (κ3) is 2.06. The highest BCUT2D eigenvalue weighted by Gasteiger charge is 2.39. The number of hydrogen-bond acceptors (Lipinski definition) is 3. The van der Waals surface area contributed by atoms with Crippen molar-refractivity contribution in [3.8, 4) is 0 Å². The quantitative estimate of drug-likeness (QED) is 0.802. The van der Waals surface area contributed by atoms with Crippen LogP contribution in [0, 0.1) is 0 Å². The van der Waals surface area contributed by atoms with Crippen LogP contribution in [0.3, 0.4) is 0 Å². The van der Waals surface area contributed by atoms with Gasteiger partial charge in [-0.15, -0.1) is 0 Å². The Hall–Kier alpha value is -1.39. The molecule has 1 aromatic rings. The topological polar surface area (TPSA) is 41.6 Å². The van der Waals surface area contributed by atoms with Crippen molar-refractivity contribution in [1.82, 2.24) is 10.2 Å². The monoisotopic (exact) mass is 232 g/mol. The van der Waals surface area contributed by atoms with Crippen LogP contribution in [0.1, 0.15) is 5.56 Å². The minimum absolute atomic E-state index is 0.0961. The van der Waals surface area contributed by atoms with E-state index in [1.54, 1.807) is 0 Å². The molecule has 90 valence electrons. The molecule has 0 radical (unpaired) electrons. The first-order valence-corrected chi connectivity index (χ1v) is 6.00. The van der Waals surface area contributed by atoms with Crippen molar-refractivity contribution in [3.05, 3.63) is 35.9 Å². The zero-order valence-corrected chi connectivity index (χ0v) is 9.63. The molecule has 1 amide bonds. The van der Waals surface area contributed by atoms with Gasteiger partial charge in [-0.2, -0.15) is 0 Å². The van der Waals surface area contributed by atoms with Crippen LogP contribution < -0.4 is 5.32 Å². The number of carbonyl (C=O) groups excluding carboxylic acids is 1. The number of carbonyl (C=O) groups is 1. The van der Waals surface area contributed by atoms with E-state index in [4.69, 9.17) is 4.74 Å². The van der Waals surface area contributed by atoms with E-state index in [1.165, 1.54) is 5.56 Å². The molecule has 3 rings (SSSR count). The van der Waals surface area contributed by atoms with Crippen LogP contribution in [0.4, 0.5) is 0 Å². The fraction of sp³-hybridized carbons (Fsp3) is 0.462. The van der Waals surface area contributed by atoms with Gasteiger partial charge >= 0.3 is 0 Å². The van der Waals surface area contributed by atoms with Gasteiger partial charge in [0, 0.05) is 19.6 Å². The van der Waals surface area contributed by atoms with E-state index in [9.17, 15) is 4.79 Å². The van der Waals surface area contributed by atoms with Crippen molar-refractivity contribution in [2.24, 2.45) is 0 Å². The van der Waals surface area contributed by atoms with Crippen molar-refractivity contribution < 1.29 is 9.53 Å². The van der Waals surface area contributed by atoms with Crippen molar-refractivity contribution in [3.63, 3.8) is 0 Å². The molecule has 0 spiro atoms. The molecule has 0 aromatic heterocycles. The van der Waals surface area contributed by atoms with Crippen LogP contribution in [0.2, 0.25) is 0 Å². The van der Waals surface area contributed by atoms with E-state index in [1.807, 2.05) is 23.1 Å². The van der Waals surface area contributed by atoms with Gasteiger partial charge in [-0.25, -0.2) is 0 Å². The summed E-state index contributed by atoms with van der Waals surface area (Å²) in [6.45, 7) is 2.59. The van der Waals surface area contributed by atoms with Crippen molar-refractivity contribution in [2.75, 3.05) is 19.7 Å². The van der Waals surface area contributed by atoms with Gasteiger partial charge in [0.25, 0.3) is 0 Å². The molecule has 1 N–H and O–H groups in total. The number of amides is 1. The summed E-state index contributed by atoms with van der Waals surface area (Å²) in [6.07, 6.45) is 0.163. The fourth-order valence-corrected chi connectivity index (χ4v) is 2.55. The molecule has 2 aliphatic rings. The molecular formula is C13H16N2O2. The van der Waals surface area contributed by atoms with Crippen molar-refractivity contribution in [2.45, 2.75) is 18.7 Å². The smallest absolute Gasteiger partial charge is 0.249 e. The molecule has 0 saturated carbocycles. The molecule has 17 heavy (non-hydrogen) atoms. The first kappa shape index (κ1) is 10.7. The number of rotatable bonds is 2. The number of fused-ring (bicyclic) bond motifs is 1. The van der Waals surface area contributed by atoms with Crippen LogP contribution in [0.25, 0.3) is 0 Å². The molecule has 2 aliphatic heterocycles. The Labute approximate surface area is 101 Å². The molecule has 2 fully saturated rings. The second-order valence-corrected chi connectivity index (χ2v) is 4.58. The number of ether oxygens (including phenoxy) is 1. The summed E-state index contributed by atoms with van der Waals surface area (Å²) in [5.74, 6) is 0.0961. The molecular weight excluding hydrogens is 216 g/mol. The number of morpholine rings is 1. The lowest BCUT2D eigenvalue weighted by Crippen LogP contribution is -2.53. The Bertz CT molecular complexity index is 407. The summed E-state index contributed by atoms with van der Waals surface area (Å²) in [5, 5.41) is 3.28. The average Bonchev–Trinajstić information content (AvgIpc) is 2.83. The summed E-state index contributed by atoms with van der Waals surface area (Å²) >= 11 is 0. The summed E-state index contributed by atoms with van der Waals surface area (Å²) in [5.41, 5.74) is 1.17. The second-order valence-electron chi connectivity index (χ2n) is 4.58. The molecule has 0 aliphatic carbocycles. The summed E-state index contributed by atoms with van der Waals surface area (Å²) < 4.78 is 5.53. The Kier molecular flexibility index (Phi) is 2.82. The third-order valence-electron chi connectivity index (χ3n) is 3.47. The highest BCUT2D eigenvalue weighted by Crippen LogP contribution is 2.20. The van der Waals surface area contributed by atoms with Gasteiger partial charge in [-0.05, 0) is 5.56 Å². The summed E-state index contributed by atoms with van der Waals surface area (Å²) in [6, 6.07) is 10.3. The molecule has 4 nitrogen and oxygen atoms in total. The van der Waals surface area contributed by atoms with Crippen LogP contribution in [0.15, 0.2) is 30.3 Å². The predicted octanol–water partition coefficient (Wildman–Crippen LogP) is 0.386. The minimum Gasteiger partial charge on any atom is -0.365 e. The number of benzene rings is 1. The van der Waals surface area contributed by atoms with Crippen LogP contribution >= 0.6 is 0 Å². The lowest BCUT2D eigenvalue weighted by Gasteiger charge is -2.36. The highest BCUT2D eigenvalue weighted by atomic mass is 16.5. The maximum atomic E-state index is 11.9. The van der Waals surface area contributed by atoms with E-state index in [-0.39, 0.29) is 24.7 Å². The summed E-state index contributed by atoms with van der Waals surface area (Å²) in [7, 11) is 0. The van der Waals surface area contributed by atoms with Gasteiger partial charge in [0.15, 0.2) is 0 Å². The average molecular weight is 232 g/mol. The standard InChI is InChI=1S/C13H16N2O2/c16-13-9-17-12-7-14-6-11(12)15(13)8-10-4-2-1-3-5-10/h1-5,11-12,14H,6-9H2. The van der Waals surface area contributed by atoms with Crippen LogP contribution in [0.5, 0.6) is 0 Å². The summed E-state index contributed by atoms with van der Waals surface area (Å²) in [4.78, 5) is 13.9. The van der Waals surface area contributed by atoms with Gasteiger partial charge in [0.05, 0.1) is 12.1 Å². The maximum Gasteiger partial charge on any atom is 0.249 e. The largest absolute Gasteiger partial charge is 0.365 e. The van der Waals surface area contributed by atoms with Crippen LogP contribution in [-0.4, -0.2) is 42.6 Å². The number of nitrogens with zero attached hydrogens (tertiary/aromatic N) is 1. The lowest BCUT2D eigenvalue weighted by molar-refractivity contribution is -0.153. The van der Waals surface area contributed by atoms with Crippen molar-refractivity contribution >= 4 is 5.91 Å². The molecule has 2 saturated heterocycles. The third-order valence-corrected chi connectivity index (χ3v) is 3.47. The van der Waals surface area contributed by atoms with E-state index >= 15 is 0 Å².